The number of thiol groups is 1. The molecular weight excluding hydrogens is 446 g/mol. The number of allylic oxidation sites excluding steroid dienone is 2. The van der Waals surface area contributed by atoms with Crippen LogP contribution in [-0.4, -0.2) is 22.3 Å². The van der Waals surface area contributed by atoms with Gasteiger partial charge in [-0.05, 0) is 98.4 Å². The Labute approximate surface area is 209 Å². The Kier molecular flexibility index (Phi) is 5.73. The van der Waals surface area contributed by atoms with E-state index in [0.29, 0.717) is 12.3 Å². The van der Waals surface area contributed by atoms with E-state index in [-0.39, 0.29) is 57.5 Å². The van der Waals surface area contributed by atoms with E-state index in [0.717, 1.165) is 57.8 Å². The minimum Gasteiger partial charge on any atom is -0.373 e. The highest BCUT2D eigenvalue weighted by Crippen LogP contribution is 2.69. The monoisotopic (exact) mass is 487 g/mol. The molecule has 5 aliphatic carbocycles. The summed E-state index contributed by atoms with van der Waals surface area (Å²) in [7, 11) is 0. The van der Waals surface area contributed by atoms with E-state index < -0.39 is 4.75 Å². The van der Waals surface area contributed by atoms with Crippen molar-refractivity contribution in [3.8, 4) is 0 Å². The second-order valence-corrected chi connectivity index (χ2v) is 14.1. The first-order chi connectivity index (χ1) is 15.9. The van der Waals surface area contributed by atoms with E-state index in [1.807, 2.05) is 13.0 Å². The van der Waals surface area contributed by atoms with Gasteiger partial charge in [0.05, 0.1) is 10.7 Å². The number of hydrogen-bond acceptors (Lipinski definition) is 6. The van der Waals surface area contributed by atoms with Crippen molar-refractivity contribution in [1.29, 1.82) is 0 Å². The number of nitrogens with two attached hydrogens (primary N) is 1. The van der Waals surface area contributed by atoms with Crippen molar-refractivity contribution in [3.63, 3.8) is 0 Å². The van der Waals surface area contributed by atoms with Crippen LogP contribution in [-0.2, 0) is 19.2 Å². The highest BCUT2D eigenvalue weighted by atomic mass is 32.1. The van der Waals surface area contributed by atoms with Crippen LogP contribution < -0.4 is 5.90 Å². The van der Waals surface area contributed by atoms with E-state index in [9.17, 15) is 14.4 Å². The zero-order valence-corrected chi connectivity index (χ0v) is 22.1. The molecule has 2 N–H and O–H groups in total. The molecule has 9 atom stereocenters. The number of carbonyl (C=O) groups excluding carboxylic acids is 3. The fourth-order valence-corrected chi connectivity index (χ4v) is 10.3. The zero-order chi connectivity index (χ0) is 24.7. The topological polar surface area (TPSA) is 86.5 Å². The van der Waals surface area contributed by atoms with Crippen molar-refractivity contribution in [2.75, 3.05) is 0 Å². The molecule has 0 heterocycles. The average molecular weight is 488 g/mol. The minimum atomic E-state index is -0.667. The molecule has 4 saturated carbocycles. The Morgan fingerprint density at radius 3 is 2.44 bits per heavy atom. The molecule has 0 spiro atoms. The Bertz CT molecular complexity index is 958. The predicted molar refractivity (Wildman–Crippen MR) is 134 cm³/mol. The third-order valence-corrected chi connectivity index (χ3v) is 12.1. The highest BCUT2D eigenvalue weighted by molar-refractivity contribution is 7.82. The third kappa shape index (κ3) is 3.26. The average Bonchev–Trinajstić information content (AvgIpc) is 2.92. The molecule has 0 aliphatic heterocycles. The summed E-state index contributed by atoms with van der Waals surface area (Å²) in [5.41, 5.74) is 1.06. The smallest absolute Gasteiger partial charge is 0.327 e. The number of ketones is 2. The maximum atomic E-state index is 14.1. The summed E-state index contributed by atoms with van der Waals surface area (Å²) in [6, 6.07) is 0. The van der Waals surface area contributed by atoms with E-state index in [4.69, 9.17) is 18.5 Å². The van der Waals surface area contributed by atoms with Crippen molar-refractivity contribution >= 4 is 30.2 Å². The Morgan fingerprint density at radius 2 is 1.74 bits per heavy atom. The lowest BCUT2D eigenvalue weighted by atomic mass is 9.40. The van der Waals surface area contributed by atoms with Crippen molar-refractivity contribution in [1.82, 2.24) is 0 Å². The summed E-state index contributed by atoms with van der Waals surface area (Å²) in [4.78, 5) is 43.9. The van der Waals surface area contributed by atoms with Gasteiger partial charge >= 0.3 is 5.97 Å². The molecule has 5 aliphatic rings. The normalized spacial score (nSPS) is 50.6. The first-order valence-corrected chi connectivity index (χ1v) is 13.7. The maximum Gasteiger partial charge on any atom is 0.327 e. The second kappa shape index (κ2) is 7.93. The summed E-state index contributed by atoms with van der Waals surface area (Å²) >= 11 is 4.89. The van der Waals surface area contributed by atoms with Crippen molar-refractivity contribution in [3.05, 3.63) is 11.6 Å². The number of rotatable bonds is 1. The number of fused-ring (bicyclic) bond motifs is 7. The number of Topliss-reactive ketones (excluding diaryl/α,β-unsaturated/α-hetero) is 1. The number of hydrogen-bond donors (Lipinski definition) is 2. The standard InChI is InChI=1S/C28H41NO4S/c1-25-10-5-6-18-17(19(25)14-16(7-11-25)24(32)33-29)15-20(30)23-26(18,2)12-8-21-27(23,3)13-9-22(31)28(21,4)34/h15-16,18-19,21,23,34H,5-14,29H2,1-4H3/t16-,18?,19?,21?,23?,25-,26-,27-,28+/m0/s1. The fourth-order valence-electron chi connectivity index (χ4n) is 9.77. The molecule has 5 rings (SSSR count). The van der Waals surface area contributed by atoms with E-state index >= 15 is 0 Å². The van der Waals surface area contributed by atoms with Gasteiger partial charge < -0.3 is 4.84 Å². The van der Waals surface area contributed by atoms with Gasteiger partial charge in [0.15, 0.2) is 5.78 Å². The SMILES string of the molecule is C[C@@]12CCCC3C(=CC(=O)C4[C@@]3(C)CCC3[C@]4(C)CCC(=O)[C@]3(C)S)C1C[C@@H](C(=O)ON)CC2. The number of carbonyl (C=O) groups is 3. The molecular formula is C28H41NO4S. The van der Waals surface area contributed by atoms with Gasteiger partial charge in [-0.1, -0.05) is 32.8 Å². The van der Waals surface area contributed by atoms with Gasteiger partial charge in [-0.3, -0.25) is 14.4 Å². The van der Waals surface area contributed by atoms with Crippen LogP contribution in [0.4, 0.5) is 0 Å². The summed E-state index contributed by atoms with van der Waals surface area (Å²) in [6.45, 7) is 8.97. The lowest BCUT2D eigenvalue weighted by Gasteiger charge is -2.64. The Balaban J connectivity index is 1.58. The summed E-state index contributed by atoms with van der Waals surface area (Å²) in [6.07, 6.45) is 11.1. The van der Waals surface area contributed by atoms with E-state index in [1.165, 1.54) is 5.57 Å². The third-order valence-electron chi connectivity index (χ3n) is 11.5. The molecule has 4 fully saturated rings. The van der Waals surface area contributed by atoms with Crippen molar-refractivity contribution < 1.29 is 19.2 Å². The van der Waals surface area contributed by atoms with Crippen molar-refractivity contribution in [2.45, 2.75) is 96.7 Å². The van der Waals surface area contributed by atoms with Crippen LogP contribution in [0.2, 0.25) is 0 Å². The predicted octanol–water partition coefficient (Wildman–Crippen LogP) is 5.23. The van der Waals surface area contributed by atoms with Gasteiger partial charge in [-0.2, -0.15) is 18.5 Å². The van der Waals surface area contributed by atoms with Gasteiger partial charge in [0.25, 0.3) is 0 Å². The molecule has 0 bridgehead atoms. The molecule has 5 nitrogen and oxygen atoms in total. The summed E-state index contributed by atoms with van der Waals surface area (Å²) < 4.78 is -0.667. The lowest BCUT2D eigenvalue weighted by Crippen LogP contribution is -2.63. The summed E-state index contributed by atoms with van der Waals surface area (Å²) in [5, 5.41) is 0. The van der Waals surface area contributed by atoms with Crippen LogP contribution in [0.15, 0.2) is 11.6 Å². The molecule has 34 heavy (non-hydrogen) atoms. The minimum absolute atomic E-state index is 0.0789. The van der Waals surface area contributed by atoms with Gasteiger partial charge in [0.2, 0.25) is 0 Å². The Morgan fingerprint density at radius 1 is 1.00 bits per heavy atom. The lowest BCUT2D eigenvalue weighted by molar-refractivity contribution is -0.159. The van der Waals surface area contributed by atoms with Crippen LogP contribution in [0.1, 0.15) is 91.9 Å². The fraction of sp³-hybridized carbons (Fsp3) is 0.821. The van der Waals surface area contributed by atoms with Gasteiger partial charge in [0, 0.05) is 12.3 Å². The molecule has 0 aromatic rings. The van der Waals surface area contributed by atoms with Gasteiger partial charge in [0.1, 0.15) is 5.78 Å². The first-order valence-electron chi connectivity index (χ1n) is 13.3. The van der Waals surface area contributed by atoms with E-state index in [2.05, 4.69) is 25.6 Å². The van der Waals surface area contributed by atoms with Crippen LogP contribution in [0, 0.1) is 45.8 Å². The van der Waals surface area contributed by atoms with Crippen LogP contribution in [0.5, 0.6) is 0 Å². The molecule has 188 valence electrons. The maximum absolute atomic E-state index is 14.1. The second-order valence-electron chi connectivity index (χ2n) is 13.2. The largest absolute Gasteiger partial charge is 0.373 e. The van der Waals surface area contributed by atoms with Crippen LogP contribution >= 0.6 is 12.6 Å². The zero-order valence-electron chi connectivity index (χ0n) is 21.2. The highest BCUT2D eigenvalue weighted by Gasteiger charge is 2.66. The molecule has 6 heteroatoms. The molecule has 0 radical (unpaired) electrons. The molecule has 4 unspecified atom stereocenters. The van der Waals surface area contributed by atoms with E-state index in [1.54, 1.807) is 0 Å². The molecule has 0 aromatic heterocycles. The quantitative estimate of drug-likeness (QED) is 0.391. The molecule has 0 saturated heterocycles. The van der Waals surface area contributed by atoms with Crippen molar-refractivity contribution in [2.24, 2.45) is 51.7 Å². The Hall–Kier alpha value is -1.14. The summed E-state index contributed by atoms with van der Waals surface area (Å²) in [5.74, 6) is 5.82. The van der Waals surface area contributed by atoms with Crippen LogP contribution in [0.3, 0.4) is 0 Å². The van der Waals surface area contributed by atoms with Crippen LogP contribution in [0.25, 0.3) is 0 Å². The molecule has 0 aromatic carbocycles. The van der Waals surface area contributed by atoms with Gasteiger partial charge in [-0.15, -0.1) is 0 Å². The first kappa shape index (κ1) is 24.5. The molecule has 0 amide bonds. The van der Waals surface area contributed by atoms with Gasteiger partial charge in [-0.25, -0.2) is 0 Å².